The molecule has 0 fully saturated rings. The summed E-state index contributed by atoms with van der Waals surface area (Å²) in [6.07, 6.45) is 0.786. The van der Waals surface area contributed by atoms with E-state index < -0.39 is 29.8 Å². The second-order valence-electron chi connectivity index (χ2n) is 5.79. The molecule has 116 valence electrons. The van der Waals surface area contributed by atoms with Crippen molar-refractivity contribution in [2.24, 2.45) is 5.92 Å². The number of carbonyl (C=O) groups is 2. The Hall–Kier alpha value is -1.56. The Morgan fingerprint density at radius 1 is 1.25 bits per heavy atom. The van der Waals surface area contributed by atoms with E-state index in [0.29, 0.717) is 0 Å². The number of hydrogen-bond acceptors (Lipinski definition) is 5. The van der Waals surface area contributed by atoms with Crippen LogP contribution in [0.2, 0.25) is 0 Å². The fourth-order valence-electron chi connectivity index (χ4n) is 1.45. The Labute approximate surface area is 120 Å². The van der Waals surface area contributed by atoms with Gasteiger partial charge in [-0.1, -0.05) is 13.8 Å². The Bertz CT molecular complexity index is 357. The van der Waals surface area contributed by atoms with E-state index in [1.807, 2.05) is 13.8 Å². The number of rotatable bonds is 5. The zero-order chi connectivity index (χ0) is 15.9. The largest absolute Gasteiger partial charge is 0.466 e. The van der Waals surface area contributed by atoms with Gasteiger partial charge in [-0.15, -0.1) is 0 Å². The smallest absolute Gasteiger partial charge is 0.407 e. The van der Waals surface area contributed by atoms with Gasteiger partial charge in [-0.25, -0.2) is 9.59 Å². The normalized spacial score (nSPS) is 15.0. The number of carbonyl (C=O) groups excluding carboxylic acids is 2. The molecule has 20 heavy (non-hydrogen) atoms. The number of esters is 1. The summed E-state index contributed by atoms with van der Waals surface area (Å²) in [4.78, 5) is 22.7. The van der Waals surface area contributed by atoms with E-state index >= 15 is 0 Å². The van der Waals surface area contributed by atoms with Crippen LogP contribution in [0, 0.1) is 5.92 Å². The predicted octanol–water partition coefficient (Wildman–Crippen LogP) is 1.63. The number of amides is 1. The van der Waals surface area contributed by atoms with Crippen molar-refractivity contribution in [1.82, 2.24) is 5.32 Å². The van der Waals surface area contributed by atoms with Gasteiger partial charge in [0.05, 0.1) is 19.3 Å². The zero-order valence-corrected chi connectivity index (χ0v) is 13.0. The third-order valence-electron chi connectivity index (χ3n) is 2.40. The molecule has 0 bridgehead atoms. The molecule has 2 N–H and O–H groups in total. The third kappa shape index (κ3) is 7.78. The highest BCUT2D eigenvalue weighted by Gasteiger charge is 2.25. The molecule has 0 aromatic rings. The van der Waals surface area contributed by atoms with Crippen molar-refractivity contribution in [3.63, 3.8) is 0 Å². The lowest BCUT2D eigenvalue weighted by Crippen LogP contribution is -2.47. The average Bonchev–Trinajstić information content (AvgIpc) is 2.29. The SMILES string of the molecule is COC(=O)/C=C/[C@H](O)[C@@H](NC(=O)OC(C)(C)C)C(C)C. The van der Waals surface area contributed by atoms with E-state index in [0.717, 1.165) is 6.08 Å². The maximum atomic E-state index is 11.7. The molecule has 0 aliphatic carbocycles. The highest BCUT2D eigenvalue weighted by Crippen LogP contribution is 2.11. The van der Waals surface area contributed by atoms with Gasteiger partial charge in [0, 0.05) is 6.08 Å². The minimum Gasteiger partial charge on any atom is -0.466 e. The van der Waals surface area contributed by atoms with Crippen molar-refractivity contribution < 1.29 is 24.2 Å². The molecule has 6 nitrogen and oxygen atoms in total. The number of ether oxygens (including phenoxy) is 2. The molecule has 2 atom stereocenters. The van der Waals surface area contributed by atoms with E-state index in [-0.39, 0.29) is 5.92 Å². The molecule has 0 aliphatic heterocycles. The highest BCUT2D eigenvalue weighted by atomic mass is 16.6. The molecule has 0 saturated carbocycles. The van der Waals surface area contributed by atoms with Crippen LogP contribution >= 0.6 is 0 Å². The van der Waals surface area contributed by atoms with Crippen LogP contribution in [0.5, 0.6) is 0 Å². The lowest BCUT2D eigenvalue weighted by molar-refractivity contribution is -0.134. The molecule has 0 aromatic carbocycles. The minimum atomic E-state index is -1.01. The Balaban J connectivity index is 4.69. The van der Waals surface area contributed by atoms with Crippen LogP contribution in [0.1, 0.15) is 34.6 Å². The molecule has 0 spiro atoms. The molecule has 0 heterocycles. The molecule has 6 heteroatoms. The molecule has 0 aliphatic rings. The van der Waals surface area contributed by atoms with Crippen molar-refractivity contribution in [2.45, 2.75) is 52.4 Å². The standard InChI is InChI=1S/C14H25NO5/c1-9(2)12(10(16)7-8-11(17)19-6)15-13(18)20-14(3,4)5/h7-10,12,16H,1-6H3,(H,15,18)/b8-7+/t10-,12-/m0/s1. The summed E-state index contributed by atoms with van der Waals surface area (Å²) in [5.74, 6) is -0.608. The first-order valence-corrected chi connectivity index (χ1v) is 6.50. The first-order chi connectivity index (χ1) is 9.06. The summed E-state index contributed by atoms with van der Waals surface area (Å²) in [5.41, 5.74) is -0.613. The second-order valence-corrected chi connectivity index (χ2v) is 5.79. The molecular weight excluding hydrogens is 262 g/mol. The molecule has 0 unspecified atom stereocenters. The lowest BCUT2D eigenvalue weighted by Gasteiger charge is -2.27. The van der Waals surface area contributed by atoms with Crippen LogP contribution < -0.4 is 5.32 Å². The highest BCUT2D eigenvalue weighted by molar-refractivity contribution is 5.81. The predicted molar refractivity (Wildman–Crippen MR) is 75.2 cm³/mol. The van der Waals surface area contributed by atoms with Gasteiger partial charge in [0.1, 0.15) is 5.60 Å². The van der Waals surface area contributed by atoms with Crippen LogP contribution in [-0.4, -0.2) is 42.0 Å². The van der Waals surface area contributed by atoms with Gasteiger partial charge in [0.25, 0.3) is 0 Å². The van der Waals surface area contributed by atoms with E-state index in [9.17, 15) is 14.7 Å². The Kier molecular flexibility index (Phi) is 7.28. The van der Waals surface area contributed by atoms with E-state index in [4.69, 9.17) is 4.74 Å². The minimum absolute atomic E-state index is 0.0418. The maximum absolute atomic E-state index is 11.7. The van der Waals surface area contributed by atoms with E-state index in [2.05, 4.69) is 10.1 Å². The average molecular weight is 287 g/mol. The monoisotopic (exact) mass is 287 g/mol. The van der Waals surface area contributed by atoms with Gasteiger partial charge in [-0.2, -0.15) is 0 Å². The van der Waals surface area contributed by atoms with Gasteiger partial charge in [-0.05, 0) is 32.8 Å². The molecule has 1 amide bonds. The molecule has 0 aromatic heterocycles. The summed E-state index contributed by atoms with van der Waals surface area (Å²) in [5, 5.41) is 12.6. The Morgan fingerprint density at radius 3 is 2.20 bits per heavy atom. The topological polar surface area (TPSA) is 84.9 Å². The third-order valence-corrected chi connectivity index (χ3v) is 2.40. The van der Waals surface area contributed by atoms with Crippen LogP contribution in [0.3, 0.4) is 0 Å². The van der Waals surface area contributed by atoms with E-state index in [1.54, 1.807) is 20.8 Å². The molecular formula is C14H25NO5. The van der Waals surface area contributed by atoms with Crippen molar-refractivity contribution in [1.29, 1.82) is 0 Å². The zero-order valence-electron chi connectivity index (χ0n) is 13.0. The number of alkyl carbamates (subject to hydrolysis) is 1. The first kappa shape index (κ1) is 18.4. The van der Waals surface area contributed by atoms with Crippen LogP contribution in [0.15, 0.2) is 12.2 Å². The van der Waals surface area contributed by atoms with Crippen molar-refractivity contribution >= 4 is 12.1 Å². The summed E-state index contributed by atoms with van der Waals surface area (Å²) in [6, 6.07) is -0.564. The van der Waals surface area contributed by atoms with Gasteiger partial charge < -0.3 is 19.9 Å². The number of aliphatic hydroxyl groups excluding tert-OH is 1. The van der Waals surface area contributed by atoms with Gasteiger partial charge in [0.2, 0.25) is 0 Å². The van der Waals surface area contributed by atoms with Gasteiger partial charge >= 0.3 is 12.1 Å². The van der Waals surface area contributed by atoms with Crippen LogP contribution in [-0.2, 0) is 14.3 Å². The molecule has 0 saturated heterocycles. The number of hydrogen-bond donors (Lipinski definition) is 2. The quantitative estimate of drug-likeness (QED) is 0.593. The first-order valence-electron chi connectivity index (χ1n) is 6.50. The summed E-state index contributed by atoms with van der Waals surface area (Å²) in [7, 11) is 1.25. The fraction of sp³-hybridized carbons (Fsp3) is 0.714. The molecule has 0 rings (SSSR count). The second kappa shape index (κ2) is 7.89. The van der Waals surface area contributed by atoms with Crippen molar-refractivity contribution in [3.05, 3.63) is 12.2 Å². The van der Waals surface area contributed by atoms with Gasteiger partial charge in [-0.3, -0.25) is 0 Å². The fourth-order valence-corrected chi connectivity index (χ4v) is 1.45. The molecule has 0 radical (unpaired) electrons. The van der Waals surface area contributed by atoms with Crippen LogP contribution in [0.25, 0.3) is 0 Å². The van der Waals surface area contributed by atoms with Crippen molar-refractivity contribution in [3.8, 4) is 0 Å². The Morgan fingerprint density at radius 2 is 1.80 bits per heavy atom. The van der Waals surface area contributed by atoms with Crippen LogP contribution in [0.4, 0.5) is 4.79 Å². The maximum Gasteiger partial charge on any atom is 0.407 e. The number of nitrogens with one attached hydrogen (secondary N) is 1. The van der Waals surface area contributed by atoms with E-state index in [1.165, 1.54) is 13.2 Å². The number of methoxy groups -OCH3 is 1. The lowest BCUT2D eigenvalue weighted by atomic mass is 9.98. The van der Waals surface area contributed by atoms with Crippen molar-refractivity contribution in [2.75, 3.05) is 7.11 Å². The number of aliphatic hydroxyl groups is 1. The summed E-state index contributed by atoms with van der Waals surface area (Å²) in [6.45, 7) is 8.95. The van der Waals surface area contributed by atoms with Gasteiger partial charge in [0.15, 0.2) is 0 Å². The summed E-state index contributed by atoms with van der Waals surface area (Å²) < 4.78 is 9.58. The summed E-state index contributed by atoms with van der Waals surface area (Å²) >= 11 is 0.